The highest BCUT2D eigenvalue weighted by Crippen LogP contribution is 2.31. The molecule has 2 amide bonds. The van der Waals surface area contributed by atoms with Gasteiger partial charge in [0.05, 0.1) is 18.0 Å². The molecule has 0 bridgehead atoms. The first kappa shape index (κ1) is 17.5. The van der Waals surface area contributed by atoms with Crippen LogP contribution in [0.4, 0.5) is 16.2 Å². The summed E-state index contributed by atoms with van der Waals surface area (Å²) in [4.78, 5) is 28.9. The van der Waals surface area contributed by atoms with E-state index in [1.54, 1.807) is 6.92 Å². The molecule has 0 atom stereocenters. The van der Waals surface area contributed by atoms with Crippen LogP contribution in [0, 0.1) is 0 Å². The number of rotatable bonds is 4. The first-order chi connectivity index (χ1) is 11.6. The summed E-state index contributed by atoms with van der Waals surface area (Å²) in [6.07, 6.45) is 0.554. The standard InChI is InChI=1S/C17H22N4O3/c1-4-11-14(16(22)24-6-3)15(21-17(23)18-5-2)20-13-10-8-7-9-12(13)19-11/h7-10,19H,4-6H2,1-3H3,(H2,18,20,21,23). The van der Waals surface area contributed by atoms with Crippen LogP contribution in [0.5, 0.6) is 0 Å². The van der Waals surface area contributed by atoms with Gasteiger partial charge in [0.25, 0.3) is 0 Å². The van der Waals surface area contributed by atoms with E-state index < -0.39 is 12.0 Å². The number of carbonyl (C=O) groups is 2. The molecule has 1 aliphatic heterocycles. The van der Waals surface area contributed by atoms with Gasteiger partial charge in [0.2, 0.25) is 0 Å². The lowest BCUT2D eigenvalue weighted by molar-refractivity contribution is -0.137. The number of aliphatic imine (C=N–C) groups is 1. The van der Waals surface area contributed by atoms with Crippen molar-refractivity contribution in [2.24, 2.45) is 4.99 Å². The second-order valence-corrected chi connectivity index (χ2v) is 5.01. The fourth-order valence-corrected chi connectivity index (χ4v) is 2.31. The number of allylic oxidation sites excluding steroid dienone is 1. The molecule has 0 saturated heterocycles. The molecule has 128 valence electrons. The fourth-order valence-electron chi connectivity index (χ4n) is 2.31. The summed E-state index contributed by atoms with van der Waals surface area (Å²) in [5.41, 5.74) is 2.29. The maximum Gasteiger partial charge on any atom is 0.343 e. The van der Waals surface area contributed by atoms with Crippen molar-refractivity contribution >= 4 is 29.2 Å². The van der Waals surface area contributed by atoms with E-state index in [1.165, 1.54) is 0 Å². The number of carbonyl (C=O) groups excluding carboxylic acids is 2. The quantitative estimate of drug-likeness (QED) is 0.740. The van der Waals surface area contributed by atoms with E-state index in [0.717, 1.165) is 5.69 Å². The molecule has 1 heterocycles. The molecule has 0 spiro atoms. The first-order valence-corrected chi connectivity index (χ1v) is 8.00. The third-order valence-corrected chi connectivity index (χ3v) is 3.36. The van der Waals surface area contributed by atoms with E-state index in [-0.39, 0.29) is 18.0 Å². The van der Waals surface area contributed by atoms with E-state index in [1.807, 2.05) is 38.1 Å². The molecule has 2 rings (SSSR count). The van der Waals surface area contributed by atoms with E-state index in [2.05, 4.69) is 20.9 Å². The van der Waals surface area contributed by atoms with Crippen molar-refractivity contribution in [2.75, 3.05) is 18.5 Å². The summed E-state index contributed by atoms with van der Waals surface area (Å²) < 4.78 is 5.15. The number of esters is 1. The number of amides is 2. The number of para-hydroxylation sites is 2. The molecule has 0 aliphatic carbocycles. The van der Waals surface area contributed by atoms with Crippen molar-refractivity contribution in [3.8, 4) is 0 Å². The number of hydrogen-bond donors (Lipinski definition) is 3. The van der Waals surface area contributed by atoms with Crippen LogP contribution in [0.2, 0.25) is 0 Å². The zero-order chi connectivity index (χ0) is 17.5. The Morgan fingerprint density at radius 3 is 2.62 bits per heavy atom. The Balaban J connectivity index is 2.53. The minimum Gasteiger partial charge on any atom is -0.462 e. The third-order valence-electron chi connectivity index (χ3n) is 3.36. The van der Waals surface area contributed by atoms with Crippen LogP contribution in [0.25, 0.3) is 0 Å². The fraction of sp³-hybridized carbons (Fsp3) is 0.353. The summed E-state index contributed by atoms with van der Waals surface area (Å²) >= 11 is 0. The molecule has 3 N–H and O–H groups in total. The monoisotopic (exact) mass is 330 g/mol. The second kappa shape index (κ2) is 8.14. The van der Waals surface area contributed by atoms with E-state index >= 15 is 0 Å². The van der Waals surface area contributed by atoms with Crippen LogP contribution in [0.1, 0.15) is 27.2 Å². The van der Waals surface area contributed by atoms with E-state index in [4.69, 9.17) is 4.74 Å². The molecule has 0 fully saturated rings. The SMILES string of the molecule is CCNC(=O)NC1=Nc2ccccc2NC(CC)=C1C(=O)OCC. The molecule has 1 aliphatic rings. The van der Waals surface area contributed by atoms with Crippen LogP contribution in [-0.2, 0) is 9.53 Å². The third kappa shape index (κ3) is 3.92. The average molecular weight is 330 g/mol. The normalized spacial score (nSPS) is 13.2. The van der Waals surface area contributed by atoms with Gasteiger partial charge in [-0.15, -0.1) is 0 Å². The van der Waals surface area contributed by atoms with Crippen molar-refractivity contribution in [2.45, 2.75) is 27.2 Å². The summed E-state index contributed by atoms with van der Waals surface area (Å²) in [6, 6.07) is 6.97. The zero-order valence-electron chi connectivity index (χ0n) is 14.1. The number of ether oxygens (including phenoxy) is 1. The summed E-state index contributed by atoms with van der Waals surface area (Å²) in [7, 11) is 0. The highest BCUT2D eigenvalue weighted by atomic mass is 16.5. The van der Waals surface area contributed by atoms with Crippen molar-refractivity contribution in [3.05, 3.63) is 35.5 Å². The van der Waals surface area contributed by atoms with Gasteiger partial charge >= 0.3 is 12.0 Å². The molecule has 0 radical (unpaired) electrons. The van der Waals surface area contributed by atoms with Crippen molar-refractivity contribution in [1.82, 2.24) is 10.6 Å². The Kier molecular flexibility index (Phi) is 5.95. The highest BCUT2D eigenvalue weighted by molar-refractivity contribution is 6.24. The van der Waals surface area contributed by atoms with Gasteiger partial charge in [-0.25, -0.2) is 14.6 Å². The summed E-state index contributed by atoms with van der Waals surface area (Å²) in [5, 5.41) is 8.52. The first-order valence-electron chi connectivity index (χ1n) is 8.00. The van der Waals surface area contributed by atoms with Gasteiger partial charge in [0.15, 0.2) is 5.84 Å². The maximum absolute atomic E-state index is 12.4. The summed E-state index contributed by atoms with van der Waals surface area (Å²) in [6.45, 7) is 6.16. The number of urea groups is 1. The lowest BCUT2D eigenvalue weighted by Crippen LogP contribution is -2.41. The van der Waals surface area contributed by atoms with Crippen molar-refractivity contribution in [3.63, 3.8) is 0 Å². The molecule has 24 heavy (non-hydrogen) atoms. The number of benzene rings is 1. The Bertz CT molecular complexity index is 695. The number of nitrogens with zero attached hydrogens (tertiary/aromatic N) is 1. The number of anilines is 1. The van der Waals surface area contributed by atoms with Gasteiger partial charge < -0.3 is 15.4 Å². The minimum absolute atomic E-state index is 0.175. The molecular formula is C17H22N4O3. The molecule has 7 nitrogen and oxygen atoms in total. The Hall–Kier alpha value is -2.83. The maximum atomic E-state index is 12.4. The van der Waals surface area contributed by atoms with E-state index in [9.17, 15) is 9.59 Å². The largest absolute Gasteiger partial charge is 0.462 e. The molecular weight excluding hydrogens is 308 g/mol. The topological polar surface area (TPSA) is 91.8 Å². The Morgan fingerprint density at radius 1 is 1.21 bits per heavy atom. The van der Waals surface area contributed by atoms with Crippen LogP contribution in [0.3, 0.4) is 0 Å². The van der Waals surface area contributed by atoms with Gasteiger partial charge in [-0.3, -0.25) is 5.32 Å². The average Bonchev–Trinajstić information content (AvgIpc) is 2.71. The van der Waals surface area contributed by atoms with Gasteiger partial charge in [0.1, 0.15) is 5.57 Å². The van der Waals surface area contributed by atoms with Gasteiger partial charge in [-0.2, -0.15) is 0 Å². The number of amidine groups is 1. The van der Waals surface area contributed by atoms with Gasteiger partial charge in [-0.05, 0) is 32.4 Å². The Labute approximate surface area is 141 Å². The molecule has 1 aromatic carbocycles. The van der Waals surface area contributed by atoms with E-state index in [0.29, 0.717) is 24.4 Å². The predicted molar refractivity (Wildman–Crippen MR) is 93.3 cm³/mol. The highest BCUT2D eigenvalue weighted by Gasteiger charge is 2.26. The van der Waals surface area contributed by atoms with Gasteiger partial charge in [-0.1, -0.05) is 19.1 Å². The van der Waals surface area contributed by atoms with Crippen molar-refractivity contribution < 1.29 is 14.3 Å². The number of hydrogen-bond acceptors (Lipinski definition) is 5. The summed E-state index contributed by atoms with van der Waals surface area (Å²) in [5.74, 6) is -0.348. The van der Waals surface area contributed by atoms with Crippen molar-refractivity contribution in [1.29, 1.82) is 0 Å². The lowest BCUT2D eigenvalue weighted by Gasteiger charge is -2.15. The van der Waals surface area contributed by atoms with Crippen LogP contribution < -0.4 is 16.0 Å². The number of nitrogens with one attached hydrogen (secondary N) is 3. The molecule has 0 aromatic heterocycles. The molecule has 0 saturated carbocycles. The van der Waals surface area contributed by atoms with Crippen LogP contribution in [0.15, 0.2) is 40.5 Å². The van der Waals surface area contributed by atoms with Crippen LogP contribution >= 0.6 is 0 Å². The molecule has 0 unspecified atom stereocenters. The second-order valence-electron chi connectivity index (χ2n) is 5.01. The minimum atomic E-state index is -0.523. The van der Waals surface area contributed by atoms with Crippen LogP contribution in [-0.4, -0.2) is 31.0 Å². The smallest absolute Gasteiger partial charge is 0.343 e. The molecule has 7 heteroatoms. The zero-order valence-corrected chi connectivity index (χ0v) is 14.1. The predicted octanol–water partition coefficient (Wildman–Crippen LogP) is 2.69. The number of fused-ring (bicyclic) bond motifs is 1. The Morgan fingerprint density at radius 2 is 1.96 bits per heavy atom. The lowest BCUT2D eigenvalue weighted by atomic mass is 10.1. The van der Waals surface area contributed by atoms with Gasteiger partial charge in [0, 0.05) is 12.2 Å². The molecule has 1 aromatic rings.